The van der Waals surface area contributed by atoms with E-state index in [1.165, 1.54) is 0 Å². The third-order valence-corrected chi connectivity index (χ3v) is 3.66. The molecule has 0 saturated carbocycles. The van der Waals surface area contributed by atoms with Gasteiger partial charge in [-0.2, -0.15) is 0 Å². The Kier molecular flexibility index (Phi) is 6.37. The zero-order valence-electron chi connectivity index (χ0n) is 10.5. The lowest BCUT2D eigenvalue weighted by Crippen LogP contribution is -2.30. The van der Waals surface area contributed by atoms with Crippen molar-refractivity contribution < 1.29 is 0 Å². The van der Waals surface area contributed by atoms with Crippen LogP contribution in [0.4, 0.5) is 0 Å². The number of alkyl halides is 6. The minimum absolute atomic E-state index is 0.114. The van der Waals surface area contributed by atoms with Gasteiger partial charge in [0.2, 0.25) is 12.7 Å². The molecule has 1 heterocycles. The molecular formula is C9H10Cl6N4S. The van der Waals surface area contributed by atoms with E-state index < -0.39 is 7.59 Å². The van der Waals surface area contributed by atoms with E-state index >= 15 is 0 Å². The highest BCUT2D eigenvalue weighted by Gasteiger charge is 2.34. The van der Waals surface area contributed by atoms with Gasteiger partial charge >= 0.3 is 0 Å². The van der Waals surface area contributed by atoms with Crippen molar-refractivity contribution in [2.45, 2.75) is 39.1 Å². The predicted molar refractivity (Wildman–Crippen MR) is 87.0 cm³/mol. The summed E-state index contributed by atoms with van der Waals surface area (Å²) in [5.41, 5.74) is -0.183. The van der Waals surface area contributed by atoms with E-state index in [1.54, 1.807) is 0 Å². The normalized spacial score (nSPS) is 13.7. The quantitative estimate of drug-likeness (QED) is 0.545. The van der Waals surface area contributed by atoms with Crippen molar-refractivity contribution in [2.24, 2.45) is 0 Å². The summed E-state index contributed by atoms with van der Waals surface area (Å²) in [6, 6.07) is 0. The van der Waals surface area contributed by atoms with Crippen LogP contribution in [0.3, 0.4) is 0 Å². The van der Waals surface area contributed by atoms with Gasteiger partial charge in [0.25, 0.3) is 0 Å². The molecule has 114 valence electrons. The maximum absolute atomic E-state index is 5.76. The molecule has 1 aromatic rings. The van der Waals surface area contributed by atoms with Gasteiger partial charge in [0.1, 0.15) is 0 Å². The van der Waals surface area contributed by atoms with E-state index in [-0.39, 0.29) is 22.3 Å². The molecule has 0 aliphatic carbocycles. The van der Waals surface area contributed by atoms with Gasteiger partial charge in [0.15, 0.2) is 11.6 Å². The fraction of sp³-hybridized carbons (Fsp3) is 0.667. The SMILES string of the molecule is CC(C)(C)NSc1nc(C(Cl)(Cl)Cl)nc(C(Cl)(Cl)Cl)n1. The predicted octanol–water partition coefficient (Wildman–Crippen LogP) is 4.92. The van der Waals surface area contributed by atoms with Crippen LogP contribution in [-0.2, 0) is 7.59 Å². The molecule has 0 atom stereocenters. The van der Waals surface area contributed by atoms with Crippen LogP contribution < -0.4 is 4.72 Å². The van der Waals surface area contributed by atoms with Crippen LogP contribution in [0.5, 0.6) is 0 Å². The molecule has 11 heteroatoms. The minimum atomic E-state index is -1.84. The lowest BCUT2D eigenvalue weighted by Gasteiger charge is -2.20. The van der Waals surface area contributed by atoms with E-state index in [2.05, 4.69) is 19.7 Å². The fourth-order valence-corrected chi connectivity index (χ4v) is 2.02. The topological polar surface area (TPSA) is 50.7 Å². The Bertz CT molecular complexity index is 447. The highest BCUT2D eigenvalue weighted by atomic mass is 35.6. The summed E-state index contributed by atoms with van der Waals surface area (Å²) in [5, 5.41) is 0.234. The van der Waals surface area contributed by atoms with Gasteiger partial charge in [0, 0.05) is 5.54 Å². The number of halogens is 6. The Morgan fingerprint density at radius 1 is 0.800 bits per heavy atom. The highest BCUT2D eigenvalue weighted by Crippen LogP contribution is 2.40. The molecule has 0 bridgehead atoms. The monoisotopic (exact) mass is 416 g/mol. The van der Waals surface area contributed by atoms with Crippen molar-refractivity contribution in [3.63, 3.8) is 0 Å². The number of hydrogen-bond donors (Lipinski definition) is 1. The fourth-order valence-electron chi connectivity index (χ4n) is 0.854. The summed E-state index contributed by atoms with van der Waals surface area (Å²) >= 11 is 35.7. The average Bonchev–Trinajstić information content (AvgIpc) is 2.22. The molecule has 0 amide bonds. The van der Waals surface area contributed by atoms with E-state index in [0.29, 0.717) is 0 Å². The lowest BCUT2D eigenvalue weighted by atomic mass is 10.1. The smallest absolute Gasteiger partial charge is 0.250 e. The van der Waals surface area contributed by atoms with Crippen molar-refractivity contribution in [2.75, 3.05) is 0 Å². The average molecular weight is 419 g/mol. The van der Waals surface area contributed by atoms with Crippen molar-refractivity contribution >= 4 is 81.6 Å². The molecule has 0 saturated heterocycles. The molecule has 0 spiro atoms. The van der Waals surface area contributed by atoms with Gasteiger partial charge in [-0.05, 0) is 32.7 Å². The standard InChI is InChI=1S/C9H10Cl6N4S/c1-7(2,3)19-20-6-17-4(8(10,11)12)16-5(18-6)9(13,14)15/h19H,1-3H3. The molecule has 0 fully saturated rings. The Hall–Kier alpha value is 1.06. The number of hydrogen-bond acceptors (Lipinski definition) is 5. The molecule has 0 radical (unpaired) electrons. The van der Waals surface area contributed by atoms with E-state index in [0.717, 1.165) is 11.9 Å². The maximum Gasteiger partial charge on any atom is 0.250 e. The minimum Gasteiger partial charge on any atom is -0.252 e. The molecular weight excluding hydrogens is 409 g/mol. The summed E-state index contributed by atoms with van der Waals surface area (Å²) < 4.78 is -0.584. The molecule has 0 aliphatic rings. The van der Waals surface area contributed by atoms with Gasteiger partial charge in [-0.1, -0.05) is 69.6 Å². The first kappa shape index (κ1) is 19.1. The second-order valence-corrected chi connectivity index (χ2v) is 10.1. The summed E-state index contributed by atoms with van der Waals surface area (Å²) in [5.74, 6) is -0.228. The van der Waals surface area contributed by atoms with Crippen LogP contribution in [0.15, 0.2) is 5.16 Å². The largest absolute Gasteiger partial charge is 0.252 e. The first-order valence-electron chi connectivity index (χ1n) is 5.13. The highest BCUT2D eigenvalue weighted by molar-refractivity contribution is 7.97. The maximum atomic E-state index is 5.76. The molecule has 1 aromatic heterocycles. The number of nitrogens with one attached hydrogen (secondary N) is 1. The summed E-state index contributed by atoms with van der Waals surface area (Å²) in [6.07, 6.45) is 0. The second-order valence-electron chi connectivity index (χ2n) is 4.71. The third kappa shape index (κ3) is 6.44. The zero-order chi connectivity index (χ0) is 15.8. The first-order chi connectivity index (χ1) is 8.79. The number of aromatic nitrogens is 3. The summed E-state index contributed by atoms with van der Waals surface area (Å²) in [4.78, 5) is 11.9. The van der Waals surface area contributed by atoms with Crippen LogP contribution in [0.1, 0.15) is 32.4 Å². The molecule has 1 rings (SSSR count). The van der Waals surface area contributed by atoms with Gasteiger partial charge < -0.3 is 0 Å². The van der Waals surface area contributed by atoms with E-state index in [9.17, 15) is 0 Å². The van der Waals surface area contributed by atoms with Crippen LogP contribution >= 0.6 is 81.6 Å². The van der Waals surface area contributed by atoms with Crippen molar-refractivity contribution in [1.82, 2.24) is 19.7 Å². The van der Waals surface area contributed by atoms with Crippen LogP contribution in [0.25, 0.3) is 0 Å². The number of rotatable bonds is 2. The van der Waals surface area contributed by atoms with E-state index in [1.807, 2.05) is 20.8 Å². The molecule has 1 N–H and O–H groups in total. The Morgan fingerprint density at radius 3 is 1.50 bits per heavy atom. The van der Waals surface area contributed by atoms with Gasteiger partial charge in [-0.3, -0.25) is 4.72 Å². The second kappa shape index (κ2) is 6.67. The third-order valence-electron chi connectivity index (χ3n) is 1.57. The van der Waals surface area contributed by atoms with Crippen LogP contribution in [-0.4, -0.2) is 20.5 Å². The first-order valence-corrected chi connectivity index (χ1v) is 8.22. The van der Waals surface area contributed by atoms with Crippen LogP contribution in [0.2, 0.25) is 0 Å². The zero-order valence-corrected chi connectivity index (χ0v) is 15.9. The van der Waals surface area contributed by atoms with Gasteiger partial charge in [0.05, 0.1) is 0 Å². The molecule has 0 unspecified atom stereocenters. The van der Waals surface area contributed by atoms with Crippen molar-refractivity contribution in [3.05, 3.63) is 11.6 Å². The van der Waals surface area contributed by atoms with Gasteiger partial charge in [-0.15, -0.1) is 0 Å². The molecule has 20 heavy (non-hydrogen) atoms. The summed E-state index contributed by atoms with van der Waals surface area (Å²) in [7, 11) is 0. The Labute approximate surface area is 151 Å². The molecule has 0 aromatic carbocycles. The molecule has 4 nitrogen and oxygen atoms in total. The van der Waals surface area contributed by atoms with Gasteiger partial charge in [-0.25, -0.2) is 15.0 Å². The number of nitrogens with zero attached hydrogens (tertiary/aromatic N) is 3. The van der Waals surface area contributed by atoms with E-state index in [4.69, 9.17) is 69.6 Å². The lowest BCUT2D eigenvalue weighted by molar-refractivity contribution is 0.534. The Balaban J connectivity index is 3.18. The molecule has 0 aliphatic heterocycles. The Morgan fingerprint density at radius 2 is 1.20 bits per heavy atom. The van der Waals surface area contributed by atoms with Crippen LogP contribution in [0, 0.1) is 0 Å². The van der Waals surface area contributed by atoms with Crippen molar-refractivity contribution in [3.8, 4) is 0 Å². The van der Waals surface area contributed by atoms with Crippen molar-refractivity contribution in [1.29, 1.82) is 0 Å². The summed E-state index contributed by atoms with van der Waals surface area (Å²) in [6.45, 7) is 5.90.